The van der Waals surface area contributed by atoms with Crippen molar-refractivity contribution in [2.45, 2.75) is 50.1 Å². The van der Waals surface area contributed by atoms with Crippen LogP contribution in [0.4, 0.5) is 4.39 Å². The Labute approximate surface area is 247 Å². The maximum atomic E-state index is 14.0. The molecule has 0 saturated carbocycles. The molecule has 0 unspecified atom stereocenters. The number of nitrogens with zero attached hydrogens (tertiary/aromatic N) is 3. The van der Waals surface area contributed by atoms with E-state index in [1.165, 1.54) is 28.6 Å². The third kappa shape index (κ3) is 7.95. The second kappa shape index (κ2) is 14.4. The van der Waals surface area contributed by atoms with Gasteiger partial charge >= 0.3 is 0 Å². The first-order valence-electron chi connectivity index (χ1n) is 14.2. The van der Waals surface area contributed by atoms with Gasteiger partial charge in [-0.15, -0.1) is 0 Å². The molecule has 0 atom stereocenters. The number of ether oxygens (including phenoxy) is 1. The molecule has 4 rings (SSSR count). The molecule has 0 spiro atoms. The van der Waals surface area contributed by atoms with Gasteiger partial charge in [-0.2, -0.15) is 4.31 Å². The second-order valence-corrected chi connectivity index (χ2v) is 12.4. The minimum absolute atomic E-state index is 0.00435. The number of halogens is 1. The molecule has 0 aliphatic carbocycles. The molecule has 0 radical (unpaired) electrons. The highest BCUT2D eigenvalue weighted by molar-refractivity contribution is 7.89. The monoisotopic (exact) mass is 595 g/mol. The van der Waals surface area contributed by atoms with Crippen molar-refractivity contribution in [1.29, 1.82) is 0 Å². The largest absolute Gasteiger partial charge is 0.497 e. The van der Waals surface area contributed by atoms with Crippen molar-refractivity contribution in [3.63, 3.8) is 0 Å². The fraction of sp³-hybridized carbons (Fsp3) is 0.375. The summed E-state index contributed by atoms with van der Waals surface area (Å²) in [5.41, 5.74) is 1.51. The SMILES string of the molecule is CCCN(CC(=O)N(Cc1cccc(F)c1)C1CCN(C(=O)Cc2ccc(OC)cc2)CC1)S(=O)(=O)c1ccccc1. The van der Waals surface area contributed by atoms with Crippen LogP contribution in [0.5, 0.6) is 5.75 Å². The summed E-state index contributed by atoms with van der Waals surface area (Å²) in [5.74, 6) is -0.0258. The highest BCUT2D eigenvalue weighted by Gasteiger charge is 2.33. The highest BCUT2D eigenvalue weighted by Crippen LogP contribution is 2.23. The van der Waals surface area contributed by atoms with E-state index in [2.05, 4.69) is 0 Å². The van der Waals surface area contributed by atoms with Crippen LogP contribution < -0.4 is 4.74 Å². The molecule has 0 aromatic heterocycles. The third-order valence-corrected chi connectivity index (χ3v) is 9.36. The van der Waals surface area contributed by atoms with Crippen molar-refractivity contribution < 1.29 is 27.1 Å². The van der Waals surface area contributed by atoms with Crippen molar-refractivity contribution in [1.82, 2.24) is 14.1 Å². The standard InChI is InChI=1S/C32H38FN3O5S/c1-3-18-35(42(39,40)30-10-5-4-6-11-30)24-32(38)36(23-26-8-7-9-27(33)21-26)28-16-19-34(20-17-28)31(37)22-25-12-14-29(41-2)15-13-25/h4-15,21,28H,3,16-20,22-24H2,1-2H3. The number of sulfonamides is 1. The molecule has 42 heavy (non-hydrogen) atoms. The van der Waals surface area contributed by atoms with Crippen molar-refractivity contribution in [2.75, 3.05) is 33.3 Å². The molecule has 3 aromatic carbocycles. The number of hydrogen-bond acceptors (Lipinski definition) is 5. The summed E-state index contributed by atoms with van der Waals surface area (Å²) in [7, 11) is -2.30. The van der Waals surface area contributed by atoms with Crippen LogP contribution in [-0.4, -0.2) is 73.7 Å². The molecule has 2 amide bonds. The summed E-state index contributed by atoms with van der Waals surface area (Å²) >= 11 is 0. The van der Waals surface area contributed by atoms with Gasteiger partial charge in [0.1, 0.15) is 11.6 Å². The number of amides is 2. The van der Waals surface area contributed by atoms with Crippen molar-refractivity contribution in [3.05, 3.63) is 95.8 Å². The molecule has 8 nitrogen and oxygen atoms in total. The summed E-state index contributed by atoms with van der Waals surface area (Å²) in [4.78, 5) is 30.4. The number of carbonyl (C=O) groups excluding carboxylic acids is 2. The predicted molar refractivity (Wildman–Crippen MR) is 159 cm³/mol. The van der Waals surface area contributed by atoms with E-state index in [-0.39, 0.29) is 48.8 Å². The summed E-state index contributed by atoms with van der Waals surface area (Å²) in [6.07, 6.45) is 1.88. The zero-order chi connectivity index (χ0) is 30.1. The van der Waals surface area contributed by atoms with Gasteiger partial charge in [-0.3, -0.25) is 9.59 Å². The van der Waals surface area contributed by atoms with Gasteiger partial charge in [0.2, 0.25) is 21.8 Å². The lowest BCUT2D eigenvalue weighted by molar-refractivity contribution is -0.137. The molecule has 0 N–H and O–H groups in total. The maximum absolute atomic E-state index is 14.0. The zero-order valence-corrected chi connectivity index (χ0v) is 24.9. The number of benzene rings is 3. The average molecular weight is 596 g/mol. The normalized spacial score (nSPS) is 14.1. The van der Waals surface area contributed by atoms with Gasteiger partial charge in [0.15, 0.2) is 0 Å². The molecule has 224 valence electrons. The Kier molecular flexibility index (Phi) is 10.7. The van der Waals surface area contributed by atoms with Crippen LogP contribution >= 0.6 is 0 Å². The number of likely N-dealkylation sites (tertiary alicyclic amines) is 1. The molecular formula is C32H38FN3O5S. The quantitative estimate of drug-likeness (QED) is 0.308. The topological polar surface area (TPSA) is 87.2 Å². The van der Waals surface area contributed by atoms with Crippen molar-refractivity contribution >= 4 is 21.8 Å². The molecule has 10 heteroatoms. The van der Waals surface area contributed by atoms with Gasteiger partial charge in [-0.1, -0.05) is 49.4 Å². The van der Waals surface area contributed by atoms with Gasteiger partial charge in [0, 0.05) is 32.2 Å². The molecular weight excluding hydrogens is 557 g/mol. The first kappa shape index (κ1) is 31.2. The van der Waals surface area contributed by atoms with E-state index in [1.54, 1.807) is 47.2 Å². The predicted octanol–water partition coefficient (Wildman–Crippen LogP) is 4.50. The first-order chi connectivity index (χ1) is 20.2. The molecule has 1 aliphatic rings. The molecule has 1 saturated heterocycles. The van der Waals surface area contributed by atoms with Crippen LogP contribution in [0.2, 0.25) is 0 Å². The Morgan fingerprint density at radius 1 is 0.952 bits per heavy atom. The van der Waals surface area contributed by atoms with E-state index in [9.17, 15) is 22.4 Å². The van der Waals surface area contributed by atoms with E-state index in [0.29, 0.717) is 37.9 Å². The summed E-state index contributed by atoms with van der Waals surface area (Å²) in [6, 6.07) is 21.3. The highest BCUT2D eigenvalue weighted by atomic mass is 32.2. The van der Waals surface area contributed by atoms with Crippen LogP contribution in [-0.2, 0) is 32.6 Å². The van der Waals surface area contributed by atoms with Crippen LogP contribution in [0, 0.1) is 5.82 Å². The van der Waals surface area contributed by atoms with Crippen molar-refractivity contribution in [3.8, 4) is 5.75 Å². The van der Waals surface area contributed by atoms with Gasteiger partial charge in [0.05, 0.1) is 25.0 Å². The summed E-state index contributed by atoms with van der Waals surface area (Å²) < 4.78 is 47.3. The molecule has 1 fully saturated rings. The van der Waals surface area contributed by atoms with Crippen molar-refractivity contribution in [2.24, 2.45) is 0 Å². The van der Waals surface area contributed by atoms with Crippen LogP contribution in [0.3, 0.4) is 0 Å². The van der Waals surface area contributed by atoms with E-state index in [0.717, 1.165) is 11.3 Å². The Hall–Kier alpha value is -3.76. The number of hydrogen-bond donors (Lipinski definition) is 0. The second-order valence-electron chi connectivity index (χ2n) is 10.4. The van der Waals surface area contributed by atoms with E-state index >= 15 is 0 Å². The Morgan fingerprint density at radius 3 is 2.26 bits per heavy atom. The Balaban J connectivity index is 1.48. The summed E-state index contributed by atoms with van der Waals surface area (Å²) in [5, 5.41) is 0. The van der Waals surface area contributed by atoms with E-state index in [4.69, 9.17) is 4.74 Å². The maximum Gasteiger partial charge on any atom is 0.243 e. The number of carbonyl (C=O) groups is 2. The Morgan fingerprint density at radius 2 is 1.64 bits per heavy atom. The fourth-order valence-electron chi connectivity index (χ4n) is 5.23. The number of rotatable bonds is 12. The minimum Gasteiger partial charge on any atom is -0.497 e. The first-order valence-corrected chi connectivity index (χ1v) is 15.6. The zero-order valence-electron chi connectivity index (χ0n) is 24.1. The lowest BCUT2D eigenvalue weighted by atomic mass is 10.0. The smallest absolute Gasteiger partial charge is 0.243 e. The number of piperidine rings is 1. The molecule has 3 aromatic rings. The lowest BCUT2D eigenvalue weighted by Gasteiger charge is -2.39. The van der Waals surface area contributed by atoms with E-state index in [1.807, 2.05) is 31.2 Å². The Bertz CT molecular complexity index is 1440. The molecule has 1 aliphatic heterocycles. The molecule has 1 heterocycles. The van der Waals surface area contributed by atoms with E-state index < -0.39 is 15.8 Å². The van der Waals surface area contributed by atoms with Gasteiger partial charge < -0.3 is 14.5 Å². The molecule has 0 bridgehead atoms. The third-order valence-electron chi connectivity index (χ3n) is 7.50. The minimum atomic E-state index is -3.89. The summed E-state index contributed by atoms with van der Waals surface area (Å²) in [6.45, 7) is 2.81. The number of methoxy groups -OCH3 is 1. The van der Waals surface area contributed by atoms with Gasteiger partial charge in [0.25, 0.3) is 0 Å². The lowest BCUT2D eigenvalue weighted by Crippen LogP contribution is -2.51. The van der Waals surface area contributed by atoms with Gasteiger partial charge in [-0.25, -0.2) is 12.8 Å². The van der Waals surface area contributed by atoms with Crippen LogP contribution in [0.1, 0.15) is 37.3 Å². The fourth-order valence-corrected chi connectivity index (χ4v) is 6.73. The average Bonchev–Trinajstić information content (AvgIpc) is 3.00. The van der Waals surface area contributed by atoms with Gasteiger partial charge in [-0.05, 0) is 66.8 Å². The van der Waals surface area contributed by atoms with Crippen LogP contribution in [0.15, 0.2) is 83.8 Å². The van der Waals surface area contributed by atoms with Crippen LogP contribution in [0.25, 0.3) is 0 Å².